The van der Waals surface area contributed by atoms with Gasteiger partial charge in [0.1, 0.15) is 5.56 Å². The first kappa shape index (κ1) is 22.2. The highest BCUT2D eigenvalue weighted by atomic mass is 16.2. The van der Waals surface area contributed by atoms with E-state index in [2.05, 4.69) is 10.3 Å². The number of rotatable bonds is 5. The third kappa shape index (κ3) is 4.65. The summed E-state index contributed by atoms with van der Waals surface area (Å²) in [6.45, 7) is 9.25. The molecule has 1 aromatic rings. The molecule has 0 saturated carbocycles. The molecule has 3 rings (SSSR count). The monoisotopic (exact) mass is 415 g/mol. The quantitative estimate of drug-likeness (QED) is 0.772. The third-order valence-electron chi connectivity index (χ3n) is 6.44. The Balaban J connectivity index is 1.65. The maximum Gasteiger partial charge on any atom is 0.261 e. The third-order valence-corrected chi connectivity index (χ3v) is 6.44. The number of carbonyl (C=O) groups is 3. The lowest BCUT2D eigenvalue weighted by molar-refractivity contribution is -0.136. The molecular weight excluding hydrogens is 382 g/mol. The van der Waals surface area contributed by atoms with Crippen LogP contribution >= 0.6 is 0 Å². The molecule has 1 aliphatic heterocycles. The molecule has 164 valence electrons. The maximum absolute atomic E-state index is 12.7. The molecule has 1 fully saturated rings. The first-order valence-corrected chi connectivity index (χ1v) is 11.0. The first-order valence-electron chi connectivity index (χ1n) is 11.0. The molecule has 1 saturated heterocycles. The van der Waals surface area contributed by atoms with Crippen molar-refractivity contribution in [3.63, 3.8) is 0 Å². The van der Waals surface area contributed by atoms with Gasteiger partial charge in [-0.05, 0) is 43.6 Å². The van der Waals surface area contributed by atoms with Crippen LogP contribution in [-0.4, -0.2) is 46.6 Å². The van der Waals surface area contributed by atoms with Crippen LogP contribution in [0.25, 0.3) is 0 Å². The molecule has 7 heteroatoms. The summed E-state index contributed by atoms with van der Waals surface area (Å²) in [5.74, 6) is -0.244. The van der Waals surface area contributed by atoms with E-state index in [0.29, 0.717) is 50.0 Å². The number of likely N-dealkylation sites (tertiary alicyclic amines) is 1. The maximum atomic E-state index is 12.7. The van der Waals surface area contributed by atoms with Gasteiger partial charge in [0.05, 0.1) is 0 Å². The van der Waals surface area contributed by atoms with Crippen molar-refractivity contribution < 1.29 is 14.4 Å². The Kier molecular flexibility index (Phi) is 6.48. The molecule has 1 aromatic heterocycles. The van der Waals surface area contributed by atoms with E-state index in [9.17, 15) is 19.2 Å². The SMILES string of the molecule is CCC(CC)C(=O)N1CCC(NC(=O)c2cc3c([nH]c2=O)CC(C)(C)CC3=O)CC1. The molecule has 0 atom stereocenters. The largest absolute Gasteiger partial charge is 0.349 e. The molecule has 0 unspecified atom stereocenters. The van der Waals surface area contributed by atoms with E-state index in [4.69, 9.17) is 0 Å². The lowest BCUT2D eigenvalue weighted by Gasteiger charge is -2.34. The lowest BCUT2D eigenvalue weighted by atomic mass is 9.75. The van der Waals surface area contributed by atoms with Crippen LogP contribution in [0.3, 0.4) is 0 Å². The first-order chi connectivity index (χ1) is 14.1. The minimum Gasteiger partial charge on any atom is -0.349 e. The van der Waals surface area contributed by atoms with Crippen LogP contribution in [-0.2, 0) is 11.2 Å². The van der Waals surface area contributed by atoms with Crippen molar-refractivity contribution in [3.05, 3.63) is 33.2 Å². The number of amides is 2. The fraction of sp³-hybridized carbons (Fsp3) is 0.652. The fourth-order valence-electron chi connectivity index (χ4n) is 4.60. The number of ketones is 1. The summed E-state index contributed by atoms with van der Waals surface area (Å²) in [4.78, 5) is 54.9. The fourth-order valence-corrected chi connectivity index (χ4v) is 4.60. The number of nitrogens with zero attached hydrogens (tertiary/aromatic N) is 1. The predicted octanol–water partition coefficient (Wildman–Crippen LogP) is 2.69. The van der Waals surface area contributed by atoms with Gasteiger partial charge in [-0.25, -0.2) is 0 Å². The van der Waals surface area contributed by atoms with Gasteiger partial charge in [-0.2, -0.15) is 0 Å². The molecule has 2 heterocycles. The number of hydrogen-bond donors (Lipinski definition) is 2. The van der Waals surface area contributed by atoms with Gasteiger partial charge in [-0.15, -0.1) is 0 Å². The molecule has 0 aromatic carbocycles. The summed E-state index contributed by atoms with van der Waals surface area (Å²) in [7, 11) is 0. The van der Waals surface area contributed by atoms with Crippen LogP contribution in [0, 0.1) is 11.3 Å². The number of carbonyl (C=O) groups excluding carboxylic acids is 3. The van der Waals surface area contributed by atoms with Gasteiger partial charge in [0, 0.05) is 42.7 Å². The summed E-state index contributed by atoms with van der Waals surface area (Å²) in [6, 6.07) is 1.36. The number of H-pyrrole nitrogens is 1. The van der Waals surface area contributed by atoms with Gasteiger partial charge in [-0.3, -0.25) is 19.2 Å². The van der Waals surface area contributed by atoms with Crippen molar-refractivity contribution in [3.8, 4) is 0 Å². The zero-order valence-electron chi connectivity index (χ0n) is 18.5. The molecule has 7 nitrogen and oxygen atoms in total. The number of pyridine rings is 1. The van der Waals surface area contributed by atoms with Crippen LogP contribution in [0.4, 0.5) is 0 Å². The smallest absolute Gasteiger partial charge is 0.261 e. The minimum absolute atomic E-state index is 0.0163. The van der Waals surface area contributed by atoms with Gasteiger partial charge in [0.2, 0.25) is 5.91 Å². The van der Waals surface area contributed by atoms with E-state index in [-0.39, 0.29) is 34.6 Å². The second-order valence-electron chi connectivity index (χ2n) is 9.43. The molecular formula is C23H33N3O4. The topological polar surface area (TPSA) is 99.3 Å². The molecule has 2 N–H and O–H groups in total. The van der Waals surface area contributed by atoms with Crippen LogP contribution < -0.4 is 10.9 Å². The zero-order valence-corrected chi connectivity index (χ0v) is 18.5. The molecule has 2 amide bonds. The van der Waals surface area contributed by atoms with E-state index in [0.717, 1.165) is 12.8 Å². The van der Waals surface area contributed by atoms with Crippen molar-refractivity contribution in [1.82, 2.24) is 15.2 Å². The molecule has 0 spiro atoms. The Morgan fingerprint density at radius 1 is 1.17 bits per heavy atom. The Morgan fingerprint density at radius 2 is 1.80 bits per heavy atom. The van der Waals surface area contributed by atoms with E-state index in [1.807, 2.05) is 32.6 Å². The Morgan fingerprint density at radius 3 is 2.40 bits per heavy atom. The average Bonchev–Trinajstić information content (AvgIpc) is 2.68. The molecule has 0 bridgehead atoms. The van der Waals surface area contributed by atoms with Crippen LogP contribution in [0.2, 0.25) is 0 Å². The minimum atomic E-state index is -0.460. The Labute approximate surface area is 177 Å². The summed E-state index contributed by atoms with van der Waals surface area (Å²) in [5, 5.41) is 2.92. The number of piperidine rings is 1. The van der Waals surface area contributed by atoms with Crippen LogP contribution in [0.15, 0.2) is 10.9 Å². The predicted molar refractivity (Wildman–Crippen MR) is 115 cm³/mol. The van der Waals surface area contributed by atoms with Gasteiger partial charge in [-0.1, -0.05) is 27.7 Å². The van der Waals surface area contributed by atoms with Gasteiger partial charge in [0.25, 0.3) is 11.5 Å². The van der Waals surface area contributed by atoms with Crippen LogP contribution in [0.5, 0.6) is 0 Å². The molecule has 30 heavy (non-hydrogen) atoms. The number of Topliss-reactive ketones (excluding diaryl/α,β-unsaturated/α-hetero) is 1. The number of aromatic nitrogens is 1. The highest BCUT2D eigenvalue weighted by Gasteiger charge is 2.33. The van der Waals surface area contributed by atoms with Gasteiger partial charge in [0.15, 0.2) is 5.78 Å². The summed E-state index contributed by atoms with van der Waals surface area (Å²) in [6.07, 6.45) is 4.00. The molecule has 1 aliphatic carbocycles. The molecule has 2 aliphatic rings. The lowest BCUT2D eigenvalue weighted by Crippen LogP contribution is -2.48. The van der Waals surface area contributed by atoms with Gasteiger partial charge >= 0.3 is 0 Å². The number of hydrogen-bond acceptors (Lipinski definition) is 4. The second kappa shape index (κ2) is 8.74. The van der Waals surface area contributed by atoms with E-state index in [1.54, 1.807) is 0 Å². The van der Waals surface area contributed by atoms with Gasteiger partial charge < -0.3 is 15.2 Å². The highest BCUT2D eigenvalue weighted by Crippen LogP contribution is 2.33. The summed E-state index contributed by atoms with van der Waals surface area (Å²) >= 11 is 0. The van der Waals surface area contributed by atoms with Crippen molar-refractivity contribution in [2.45, 2.75) is 72.3 Å². The highest BCUT2D eigenvalue weighted by molar-refractivity contribution is 6.02. The molecule has 0 radical (unpaired) electrons. The normalized spacial score (nSPS) is 19.0. The Hall–Kier alpha value is -2.44. The van der Waals surface area contributed by atoms with Crippen molar-refractivity contribution in [2.24, 2.45) is 11.3 Å². The average molecular weight is 416 g/mol. The summed E-state index contributed by atoms with van der Waals surface area (Å²) in [5.41, 5.74) is 0.391. The number of fused-ring (bicyclic) bond motifs is 1. The Bertz CT molecular complexity index is 890. The van der Waals surface area contributed by atoms with E-state index >= 15 is 0 Å². The number of nitrogens with one attached hydrogen (secondary N) is 2. The van der Waals surface area contributed by atoms with Crippen molar-refractivity contribution in [1.29, 1.82) is 0 Å². The summed E-state index contributed by atoms with van der Waals surface area (Å²) < 4.78 is 0. The van der Waals surface area contributed by atoms with Crippen LogP contribution in [0.1, 0.15) is 86.2 Å². The van der Waals surface area contributed by atoms with Crippen molar-refractivity contribution >= 4 is 17.6 Å². The zero-order chi connectivity index (χ0) is 22.1. The van der Waals surface area contributed by atoms with E-state index in [1.165, 1.54) is 6.07 Å². The van der Waals surface area contributed by atoms with Crippen molar-refractivity contribution in [2.75, 3.05) is 13.1 Å². The number of aromatic amines is 1. The van der Waals surface area contributed by atoms with E-state index < -0.39 is 11.5 Å². The second-order valence-corrected chi connectivity index (χ2v) is 9.43. The standard InChI is InChI=1S/C23H33N3O4/c1-5-14(6-2)22(30)26-9-7-15(8-10-26)24-20(28)17-11-16-18(25-21(17)29)12-23(3,4)13-19(16)27/h11,14-15H,5-10,12-13H2,1-4H3,(H,24,28)(H,25,29).